The fourth-order valence-electron chi connectivity index (χ4n) is 0. The van der Waals surface area contributed by atoms with Crippen molar-refractivity contribution in [2.45, 2.75) is 36.1 Å². The third kappa shape index (κ3) is 109. The van der Waals surface area contributed by atoms with E-state index >= 15 is 0 Å². The van der Waals surface area contributed by atoms with E-state index in [9.17, 15) is 4.79 Å². The Morgan fingerprint density at radius 1 is 1.15 bits per heavy atom. The molecule has 3 nitrogen and oxygen atoms in total. The first kappa shape index (κ1) is 29.8. The number of carboxylic acids is 1. The summed E-state index contributed by atoms with van der Waals surface area (Å²) in [5, 5.41) is 7.89. The summed E-state index contributed by atoms with van der Waals surface area (Å²) in [5.41, 5.74) is 5.76. The van der Waals surface area contributed by atoms with E-state index in [1.807, 2.05) is 0 Å². The monoisotopic (exact) mass is 191 g/mol. The standard InChI is InChI=1S/C4H6O2.C3H7N.3CH4/c1-3(2)4(5)6;1-3(2)4;;;/h1H2,2H3,(H,5,6);1,4H2,2H3;3*1H4. The fraction of sp³-hybridized carbons (Fsp3) is 0.500. The number of aliphatic carboxylic acids is 1. The predicted molar refractivity (Wildman–Crippen MR) is 61.6 cm³/mol. The SMILES string of the molecule is C.C.C.C=C(C)C(=O)O.C=C(C)N. The molecule has 0 saturated heterocycles. The van der Waals surface area contributed by atoms with E-state index in [0.717, 1.165) is 0 Å². The third-order valence-corrected chi connectivity index (χ3v) is 0.365. The maximum atomic E-state index is 9.60. The van der Waals surface area contributed by atoms with Gasteiger partial charge < -0.3 is 10.8 Å². The van der Waals surface area contributed by atoms with Crippen molar-refractivity contribution in [1.29, 1.82) is 0 Å². The Labute approximate surface area is 83.0 Å². The molecule has 0 radical (unpaired) electrons. The minimum Gasteiger partial charge on any atom is -0.478 e. The molecular weight excluding hydrogens is 166 g/mol. The van der Waals surface area contributed by atoms with Crippen molar-refractivity contribution in [2.24, 2.45) is 5.73 Å². The van der Waals surface area contributed by atoms with Gasteiger partial charge in [0, 0.05) is 5.57 Å². The van der Waals surface area contributed by atoms with Crippen molar-refractivity contribution in [3.63, 3.8) is 0 Å². The van der Waals surface area contributed by atoms with E-state index in [-0.39, 0.29) is 27.9 Å². The van der Waals surface area contributed by atoms with Crippen molar-refractivity contribution in [1.82, 2.24) is 0 Å². The number of hydrogen-bond donors (Lipinski definition) is 2. The number of carboxylic acid groups (broad SMARTS) is 1. The van der Waals surface area contributed by atoms with Gasteiger partial charge in [0.05, 0.1) is 0 Å². The van der Waals surface area contributed by atoms with Crippen LogP contribution in [0.5, 0.6) is 0 Å². The summed E-state index contributed by atoms with van der Waals surface area (Å²) >= 11 is 0. The van der Waals surface area contributed by atoms with Crippen molar-refractivity contribution in [2.75, 3.05) is 0 Å². The summed E-state index contributed by atoms with van der Waals surface area (Å²) in [6, 6.07) is 0. The highest BCUT2D eigenvalue weighted by molar-refractivity contribution is 5.84. The second kappa shape index (κ2) is 17.0. The predicted octanol–water partition coefficient (Wildman–Crippen LogP) is 3.03. The number of allylic oxidation sites excluding steroid dienone is 1. The van der Waals surface area contributed by atoms with Gasteiger partial charge in [0.15, 0.2) is 0 Å². The molecular formula is C10H25NO2. The van der Waals surface area contributed by atoms with Gasteiger partial charge in [0.1, 0.15) is 0 Å². The van der Waals surface area contributed by atoms with Gasteiger partial charge >= 0.3 is 5.97 Å². The van der Waals surface area contributed by atoms with E-state index in [4.69, 9.17) is 10.8 Å². The zero-order valence-electron chi connectivity index (χ0n) is 6.35. The molecule has 0 aliphatic carbocycles. The molecule has 0 heterocycles. The molecule has 0 atom stereocenters. The molecule has 13 heavy (non-hydrogen) atoms. The minimum absolute atomic E-state index is 0. The summed E-state index contributed by atoms with van der Waals surface area (Å²) in [6.07, 6.45) is 0. The van der Waals surface area contributed by atoms with Crippen LogP contribution in [0.4, 0.5) is 0 Å². The average Bonchev–Trinajstić information content (AvgIpc) is 1.63. The lowest BCUT2D eigenvalue weighted by molar-refractivity contribution is -0.132. The lowest BCUT2D eigenvalue weighted by Gasteiger charge is -1.79. The number of nitrogens with two attached hydrogens (primary N) is 1. The highest BCUT2D eigenvalue weighted by Gasteiger charge is 1.90. The molecule has 0 aliphatic heterocycles. The Balaban J connectivity index is -0.0000000279. The topological polar surface area (TPSA) is 63.3 Å². The molecule has 0 aromatic carbocycles. The Kier molecular flexibility index (Phi) is 39.0. The normalized spacial score (nSPS) is 5.38. The molecule has 0 aliphatic rings. The van der Waals surface area contributed by atoms with E-state index in [0.29, 0.717) is 5.70 Å². The Hall–Kier alpha value is -1.25. The molecule has 82 valence electrons. The molecule has 0 fully saturated rings. The molecule has 0 spiro atoms. The molecule has 0 rings (SSSR count). The first-order valence-electron chi connectivity index (χ1n) is 2.67. The average molecular weight is 191 g/mol. The van der Waals surface area contributed by atoms with E-state index in [2.05, 4.69) is 13.2 Å². The second-order valence-corrected chi connectivity index (χ2v) is 1.93. The third-order valence-electron chi connectivity index (χ3n) is 0.365. The smallest absolute Gasteiger partial charge is 0.330 e. The first-order chi connectivity index (χ1) is 4.37. The van der Waals surface area contributed by atoms with E-state index in [1.165, 1.54) is 6.92 Å². The molecule has 0 amide bonds. The number of rotatable bonds is 1. The van der Waals surface area contributed by atoms with Gasteiger partial charge in [-0.2, -0.15) is 0 Å². The summed E-state index contributed by atoms with van der Waals surface area (Å²) in [7, 11) is 0. The van der Waals surface area contributed by atoms with Gasteiger partial charge in [-0.1, -0.05) is 35.4 Å². The van der Waals surface area contributed by atoms with Crippen LogP contribution in [0.15, 0.2) is 24.4 Å². The zero-order chi connectivity index (χ0) is 8.73. The van der Waals surface area contributed by atoms with Crippen LogP contribution in [0.3, 0.4) is 0 Å². The first-order valence-corrected chi connectivity index (χ1v) is 2.67. The second-order valence-electron chi connectivity index (χ2n) is 1.93. The quantitative estimate of drug-likeness (QED) is 0.626. The van der Waals surface area contributed by atoms with Crippen LogP contribution in [-0.4, -0.2) is 11.1 Å². The summed E-state index contributed by atoms with van der Waals surface area (Å²) < 4.78 is 0. The molecule has 0 aromatic rings. The lowest BCUT2D eigenvalue weighted by atomic mass is 10.4. The molecule has 3 heteroatoms. The van der Waals surface area contributed by atoms with Crippen LogP contribution in [0.2, 0.25) is 0 Å². The minimum atomic E-state index is -0.935. The van der Waals surface area contributed by atoms with Crippen LogP contribution in [-0.2, 0) is 4.79 Å². The fourth-order valence-corrected chi connectivity index (χ4v) is 0. The Morgan fingerprint density at radius 3 is 1.23 bits per heavy atom. The highest BCUT2D eigenvalue weighted by atomic mass is 16.4. The molecule has 3 N–H and O–H groups in total. The maximum Gasteiger partial charge on any atom is 0.330 e. The molecule has 0 saturated carbocycles. The molecule has 0 bridgehead atoms. The van der Waals surface area contributed by atoms with E-state index in [1.54, 1.807) is 6.92 Å². The largest absolute Gasteiger partial charge is 0.478 e. The van der Waals surface area contributed by atoms with Crippen LogP contribution in [0.25, 0.3) is 0 Å². The van der Waals surface area contributed by atoms with Gasteiger partial charge in [-0.25, -0.2) is 4.79 Å². The summed E-state index contributed by atoms with van der Waals surface area (Å²) in [5.74, 6) is -0.935. The number of carbonyl (C=O) groups is 1. The van der Waals surface area contributed by atoms with Crippen molar-refractivity contribution in [3.8, 4) is 0 Å². The molecule has 0 aromatic heterocycles. The Morgan fingerprint density at radius 2 is 1.23 bits per heavy atom. The van der Waals surface area contributed by atoms with Crippen molar-refractivity contribution < 1.29 is 9.90 Å². The lowest BCUT2D eigenvalue weighted by Crippen LogP contribution is -1.92. The Bertz CT molecular complexity index is 135. The van der Waals surface area contributed by atoms with Crippen LogP contribution >= 0.6 is 0 Å². The number of hydrogen-bond acceptors (Lipinski definition) is 2. The van der Waals surface area contributed by atoms with Crippen LogP contribution < -0.4 is 5.73 Å². The van der Waals surface area contributed by atoms with Crippen LogP contribution in [0.1, 0.15) is 36.1 Å². The summed E-state index contributed by atoms with van der Waals surface area (Å²) in [4.78, 5) is 9.60. The summed E-state index contributed by atoms with van der Waals surface area (Å²) in [6.45, 7) is 9.69. The van der Waals surface area contributed by atoms with Gasteiger partial charge in [0.25, 0.3) is 0 Å². The van der Waals surface area contributed by atoms with Gasteiger partial charge in [-0.15, -0.1) is 0 Å². The maximum absolute atomic E-state index is 9.60. The van der Waals surface area contributed by atoms with Gasteiger partial charge in [-0.05, 0) is 19.5 Å². The van der Waals surface area contributed by atoms with Crippen molar-refractivity contribution in [3.05, 3.63) is 24.4 Å². The zero-order valence-corrected chi connectivity index (χ0v) is 6.35. The molecule has 0 unspecified atom stereocenters. The van der Waals surface area contributed by atoms with Gasteiger partial charge in [0.2, 0.25) is 0 Å². The van der Waals surface area contributed by atoms with Gasteiger partial charge in [-0.3, -0.25) is 0 Å². The van der Waals surface area contributed by atoms with Crippen LogP contribution in [0, 0.1) is 0 Å². The van der Waals surface area contributed by atoms with Crippen molar-refractivity contribution >= 4 is 5.97 Å². The highest BCUT2D eigenvalue weighted by Crippen LogP contribution is 1.81. The van der Waals surface area contributed by atoms with E-state index < -0.39 is 5.97 Å².